The summed E-state index contributed by atoms with van der Waals surface area (Å²) >= 11 is 0. The molecule has 0 saturated carbocycles. The Bertz CT molecular complexity index is 702. The molecular weight excluding hydrogens is 300 g/mol. The molecule has 0 radical (unpaired) electrons. The van der Waals surface area contributed by atoms with Crippen molar-refractivity contribution in [1.29, 1.82) is 0 Å². The number of carbonyl (C=O) groups is 1. The lowest BCUT2D eigenvalue weighted by molar-refractivity contribution is 0.0602. The average Bonchev–Trinajstić information content (AvgIpc) is 2.61. The van der Waals surface area contributed by atoms with Crippen molar-refractivity contribution in [3.63, 3.8) is 0 Å². The van der Waals surface area contributed by atoms with Gasteiger partial charge in [-0.05, 0) is 50.8 Å². The maximum atomic E-state index is 12.9. The van der Waals surface area contributed by atoms with Crippen molar-refractivity contribution in [3.8, 4) is 0 Å². The number of hydrogen-bond acceptors (Lipinski definition) is 4. The van der Waals surface area contributed by atoms with Crippen LogP contribution in [0.2, 0.25) is 0 Å². The first-order valence-electron chi connectivity index (χ1n) is 8.66. The molecule has 1 aliphatic rings. The van der Waals surface area contributed by atoms with E-state index in [1.165, 1.54) is 6.42 Å². The Kier molecular flexibility index (Phi) is 5.08. The summed E-state index contributed by atoms with van der Waals surface area (Å²) in [6.45, 7) is 4.86. The number of aromatic nitrogens is 2. The molecule has 0 aliphatic carbocycles. The maximum absolute atomic E-state index is 12.9. The van der Waals surface area contributed by atoms with Crippen LogP contribution in [-0.4, -0.2) is 33.4 Å². The summed E-state index contributed by atoms with van der Waals surface area (Å²) in [4.78, 5) is 23.8. The monoisotopic (exact) mass is 324 g/mol. The zero-order valence-corrected chi connectivity index (χ0v) is 14.3. The van der Waals surface area contributed by atoms with Gasteiger partial charge in [0, 0.05) is 24.0 Å². The molecule has 1 fully saturated rings. The van der Waals surface area contributed by atoms with E-state index in [2.05, 4.69) is 22.2 Å². The van der Waals surface area contributed by atoms with E-state index >= 15 is 0 Å². The molecule has 1 aromatic heterocycles. The standard InChI is InChI=1S/C19H24N4O/c1-3-16-11-7-8-12-23(16)18(24)17-13-14(2)20-19(22-17)21-15-9-5-4-6-10-15/h4-6,9-10,13,16H,3,7-8,11-12H2,1-2H3,(H,20,21,22). The van der Waals surface area contributed by atoms with E-state index in [1.807, 2.05) is 42.2 Å². The number of benzene rings is 1. The predicted octanol–water partition coefficient (Wildman–Crippen LogP) is 3.93. The normalized spacial score (nSPS) is 17.6. The minimum atomic E-state index is 0.0168. The lowest BCUT2D eigenvalue weighted by atomic mass is 9.99. The summed E-state index contributed by atoms with van der Waals surface area (Å²) in [5.41, 5.74) is 2.17. The molecule has 1 aromatic carbocycles. The second-order valence-electron chi connectivity index (χ2n) is 6.27. The van der Waals surface area contributed by atoms with Gasteiger partial charge in [0.05, 0.1) is 0 Å². The van der Waals surface area contributed by atoms with Crippen LogP contribution in [0.15, 0.2) is 36.4 Å². The zero-order chi connectivity index (χ0) is 16.9. The highest BCUT2D eigenvalue weighted by Gasteiger charge is 2.27. The van der Waals surface area contributed by atoms with Gasteiger partial charge in [0.25, 0.3) is 5.91 Å². The van der Waals surface area contributed by atoms with Gasteiger partial charge in [0.15, 0.2) is 0 Å². The van der Waals surface area contributed by atoms with Gasteiger partial charge in [0.2, 0.25) is 5.95 Å². The fraction of sp³-hybridized carbons (Fsp3) is 0.421. The Balaban J connectivity index is 1.83. The predicted molar refractivity (Wildman–Crippen MR) is 95.5 cm³/mol. The topological polar surface area (TPSA) is 58.1 Å². The molecule has 126 valence electrons. The molecule has 3 rings (SSSR count). The van der Waals surface area contributed by atoms with E-state index in [1.54, 1.807) is 6.07 Å². The van der Waals surface area contributed by atoms with Gasteiger partial charge >= 0.3 is 0 Å². The fourth-order valence-corrected chi connectivity index (χ4v) is 3.22. The second-order valence-corrected chi connectivity index (χ2v) is 6.27. The van der Waals surface area contributed by atoms with Crippen molar-refractivity contribution >= 4 is 17.5 Å². The molecule has 2 aromatic rings. The number of piperidine rings is 1. The second kappa shape index (κ2) is 7.43. The number of hydrogen-bond donors (Lipinski definition) is 1. The van der Waals surface area contributed by atoms with Crippen LogP contribution < -0.4 is 5.32 Å². The molecule has 5 heteroatoms. The summed E-state index contributed by atoms with van der Waals surface area (Å²) in [5.74, 6) is 0.484. The Morgan fingerprint density at radius 1 is 1.25 bits per heavy atom. The zero-order valence-electron chi connectivity index (χ0n) is 14.3. The quantitative estimate of drug-likeness (QED) is 0.925. The first-order chi connectivity index (χ1) is 11.7. The molecule has 2 heterocycles. The lowest BCUT2D eigenvalue weighted by Crippen LogP contribution is -2.43. The van der Waals surface area contributed by atoms with Crippen LogP contribution in [0.5, 0.6) is 0 Å². The van der Waals surface area contributed by atoms with Gasteiger partial charge in [0.1, 0.15) is 5.69 Å². The van der Waals surface area contributed by atoms with Crippen LogP contribution in [0, 0.1) is 6.92 Å². The molecule has 24 heavy (non-hydrogen) atoms. The van der Waals surface area contributed by atoms with Crippen molar-refractivity contribution in [3.05, 3.63) is 47.8 Å². The van der Waals surface area contributed by atoms with E-state index in [0.29, 0.717) is 17.7 Å². The number of carbonyl (C=O) groups excluding carboxylic acids is 1. The maximum Gasteiger partial charge on any atom is 0.272 e. The first kappa shape index (κ1) is 16.4. The molecular formula is C19H24N4O. The number of nitrogens with one attached hydrogen (secondary N) is 1. The van der Waals surface area contributed by atoms with Gasteiger partial charge in [-0.2, -0.15) is 0 Å². The average molecular weight is 324 g/mol. The van der Waals surface area contributed by atoms with Crippen molar-refractivity contribution in [2.75, 3.05) is 11.9 Å². The molecule has 1 unspecified atom stereocenters. The third kappa shape index (κ3) is 3.72. The summed E-state index contributed by atoms with van der Waals surface area (Å²) in [6, 6.07) is 11.9. The van der Waals surface area contributed by atoms with Crippen LogP contribution in [0.25, 0.3) is 0 Å². The minimum absolute atomic E-state index is 0.0168. The highest BCUT2D eigenvalue weighted by molar-refractivity contribution is 5.93. The van der Waals surface area contributed by atoms with Crippen molar-refractivity contribution in [2.45, 2.75) is 45.6 Å². The largest absolute Gasteiger partial charge is 0.334 e. The van der Waals surface area contributed by atoms with Crippen molar-refractivity contribution in [1.82, 2.24) is 14.9 Å². The highest BCUT2D eigenvalue weighted by Crippen LogP contribution is 2.22. The van der Waals surface area contributed by atoms with Crippen LogP contribution in [0.4, 0.5) is 11.6 Å². The Hall–Kier alpha value is -2.43. The van der Waals surface area contributed by atoms with E-state index < -0.39 is 0 Å². The van der Waals surface area contributed by atoms with Crippen LogP contribution in [-0.2, 0) is 0 Å². The molecule has 5 nitrogen and oxygen atoms in total. The van der Waals surface area contributed by atoms with Crippen LogP contribution >= 0.6 is 0 Å². The summed E-state index contributed by atoms with van der Waals surface area (Å²) in [7, 11) is 0. The number of anilines is 2. The minimum Gasteiger partial charge on any atom is -0.334 e. The van der Waals surface area contributed by atoms with Gasteiger partial charge < -0.3 is 10.2 Å². The van der Waals surface area contributed by atoms with E-state index in [0.717, 1.165) is 37.2 Å². The first-order valence-corrected chi connectivity index (χ1v) is 8.66. The summed E-state index contributed by atoms with van der Waals surface area (Å²) < 4.78 is 0. The molecule has 1 aliphatic heterocycles. The van der Waals surface area contributed by atoms with Gasteiger partial charge in [-0.15, -0.1) is 0 Å². The number of nitrogens with zero attached hydrogens (tertiary/aromatic N) is 3. The van der Waals surface area contributed by atoms with Crippen molar-refractivity contribution < 1.29 is 4.79 Å². The van der Waals surface area contributed by atoms with E-state index in [-0.39, 0.29) is 5.91 Å². The van der Waals surface area contributed by atoms with Gasteiger partial charge in [-0.1, -0.05) is 25.1 Å². The lowest BCUT2D eigenvalue weighted by Gasteiger charge is -2.35. The number of likely N-dealkylation sites (tertiary alicyclic amines) is 1. The molecule has 0 bridgehead atoms. The highest BCUT2D eigenvalue weighted by atomic mass is 16.2. The Morgan fingerprint density at radius 3 is 2.79 bits per heavy atom. The van der Waals surface area contributed by atoms with E-state index in [9.17, 15) is 4.79 Å². The molecule has 0 spiro atoms. The number of rotatable bonds is 4. The third-order valence-corrected chi connectivity index (χ3v) is 4.46. The summed E-state index contributed by atoms with van der Waals surface area (Å²) in [5, 5.41) is 3.18. The smallest absolute Gasteiger partial charge is 0.272 e. The Morgan fingerprint density at radius 2 is 2.04 bits per heavy atom. The fourth-order valence-electron chi connectivity index (χ4n) is 3.22. The van der Waals surface area contributed by atoms with E-state index in [4.69, 9.17) is 0 Å². The molecule has 1 amide bonds. The molecule has 1 saturated heterocycles. The van der Waals surface area contributed by atoms with Gasteiger partial charge in [-0.25, -0.2) is 9.97 Å². The SMILES string of the molecule is CCC1CCCCN1C(=O)c1cc(C)nc(Nc2ccccc2)n1. The molecule has 1 atom stereocenters. The summed E-state index contributed by atoms with van der Waals surface area (Å²) in [6.07, 6.45) is 4.35. The van der Waals surface area contributed by atoms with Crippen LogP contribution in [0.1, 0.15) is 48.8 Å². The third-order valence-electron chi connectivity index (χ3n) is 4.46. The van der Waals surface area contributed by atoms with Crippen molar-refractivity contribution in [2.24, 2.45) is 0 Å². The van der Waals surface area contributed by atoms with Crippen LogP contribution in [0.3, 0.4) is 0 Å². The number of para-hydroxylation sites is 1. The number of aryl methyl sites for hydroxylation is 1. The number of amides is 1. The Labute approximate surface area is 143 Å². The van der Waals surface area contributed by atoms with Gasteiger partial charge in [-0.3, -0.25) is 4.79 Å². The molecule has 1 N–H and O–H groups in total.